The summed E-state index contributed by atoms with van der Waals surface area (Å²) in [6.45, 7) is 3.83. The van der Waals surface area contributed by atoms with Crippen LogP contribution in [-0.2, 0) is 16.1 Å². The molecule has 7 heteroatoms. The SMILES string of the molecule is CC(C)(CCCOc1ccccc1OCc1ccccc1)C(=O)OCC(=O)c1cc(O)cc(O)c1. The molecule has 0 spiro atoms. The van der Waals surface area contributed by atoms with Gasteiger partial charge in [-0.15, -0.1) is 0 Å². The molecule has 0 saturated heterocycles. The summed E-state index contributed by atoms with van der Waals surface area (Å²) in [6.07, 6.45) is 1.07. The second-order valence-corrected chi connectivity index (χ2v) is 8.79. The largest absolute Gasteiger partial charge is 0.508 e. The quantitative estimate of drug-likeness (QED) is 0.207. The molecule has 0 atom stereocenters. The van der Waals surface area contributed by atoms with E-state index in [1.165, 1.54) is 12.1 Å². The van der Waals surface area contributed by atoms with Gasteiger partial charge in [-0.1, -0.05) is 42.5 Å². The first kappa shape index (κ1) is 25.6. The Bertz CT molecular complexity index is 1120. The van der Waals surface area contributed by atoms with Crippen LogP contribution in [0.5, 0.6) is 23.0 Å². The molecule has 3 aromatic carbocycles. The number of phenols is 2. The highest BCUT2D eigenvalue weighted by Gasteiger charge is 2.29. The van der Waals surface area contributed by atoms with Crippen LogP contribution >= 0.6 is 0 Å². The van der Waals surface area contributed by atoms with Gasteiger partial charge in [0.1, 0.15) is 18.1 Å². The van der Waals surface area contributed by atoms with Crippen molar-refractivity contribution in [2.24, 2.45) is 5.41 Å². The summed E-state index contributed by atoms with van der Waals surface area (Å²) in [5.41, 5.74) is 0.296. The zero-order valence-corrected chi connectivity index (χ0v) is 19.9. The lowest BCUT2D eigenvalue weighted by Crippen LogP contribution is -2.29. The zero-order chi connectivity index (χ0) is 25.3. The van der Waals surface area contributed by atoms with Crippen LogP contribution in [0.4, 0.5) is 0 Å². The van der Waals surface area contributed by atoms with Crippen LogP contribution in [0.25, 0.3) is 0 Å². The first-order valence-corrected chi connectivity index (χ1v) is 11.4. The number of ether oxygens (including phenoxy) is 3. The van der Waals surface area contributed by atoms with Gasteiger partial charge in [0.05, 0.1) is 12.0 Å². The van der Waals surface area contributed by atoms with Crippen molar-refractivity contribution in [3.05, 3.63) is 83.9 Å². The van der Waals surface area contributed by atoms with Crippen LogP contribution in [0, 0.1) is 5.41 Å². The molecular weight excluding hydrogens is 448 g/mol. The standard InChI is InChI=1S/C28H30O7/c1-28(2,27(32)35-19-24(31)21-15-22(29)17-23(30)16-21)13-8-14-33-25-11-6-7-12-26(25)34-18-20-9-4-3-5-10-20/h3-7,9-12,15-17,29-30H,8,13-14,18-19H2,1-2H3. The molecule has 0 unspecified atom stereocenters. The molecule has 35 heavy (non-hydrogen) atoms. The third-order valence-electron chi connectivity index (χ3n) is 5.40. The van der Waals surface area contributed by atoms with Crippen molar-refractivity contribution in [1.82, 2.24) is 0 Å². The Morgan fingerprint density at radius 2 is 1.43 bits per heavy atom. The van der Waals surface area contributed by atoms with E-state index in [9.17, 15) is 19.8 Å². The van der Waals surface area contributed by atoms with E-state index in [1.807, 2.05) is 54.6 Å². The molecule has 3 aromatic rings. The molecule has 0 bridgehead atoms. The third-order valence-corrected chi connectivity index (χ3v) is 5.40. The molecule has 184 valence electrons. The van der Waals surface area contributed by atoms with E-state index in [0.717, 1.165) is 11.6 Å². The smallest absolute Gasteiger partial charge is 0.311 e. The molecule has 0 heterocycles. The van der Waals surface area contributed by atoms with Crippen LogP contribution in [0.2, 0.25) is 0 Å². The molecule has 0 aliphatic rings. The molecule has 0 aromatic heterocycles. The summed E-state index contributed by atoms with van der Waals surface area (Å²) in [4.78, 5) is 24.8. The average Bonchev–Trinajstić information content (AvgIpc) is 2.84. The number of rotatable bonds is 12. The minimum Gasteiger partial charge on any atom is -0.508 e. The molecular formula is C28H30O7. The van der Waals surface area contributed by atoms with Crippen molar-refractivity contribution in [1.29, 1.82) is 0 Å². The fraction of sp³-hybridized carbons (Fsp3) is 0.286. The molecule has 0 aliphatic heterocycles. The van der Waals surface area contributed by atoms with E-state index < -0.39 is 23.8 Å². The Kier molecular flexibility index (Phi) is 8.73. The van der Waals surface area contributed by atoms with Crippen molar-refractivity contribution in [3.8, 4) is 23.0 Å². The van der Waals surface area contributed by atoms with Gasteiger partial charge in [-0.3, -0.25) is 9.59 Å². The number of hydrogen-bond acceptors (Lipinski definition) is 7. The molecule has 0 aliphatic carbocycles. The van der Waals surface area contributed by atoms with E-state index in [2.05, 4.69) is 0 Å². The minimum absolute atomic E-state index is 0.0645. The summed E-state index contributed by atoms with van der Waals surface area (Å²) in [7, 11) is 0. The summed E-state index contributed by atoms with van der Waals surface area (Å²) in [6, 6.07) is 20.8. The highest BCUT2D eigenvalue weighted by Crippen LogP contribution is 2.29. The lowest BCUT2D eigenvalue weighted by Gasteiger charge is -2.22. The number of esters is 1. The van der Waals surface area contributed by atoms with Gasteiger partial charge < -0.3 is 24.4 Å². The molecule has 0 saturated carbocycles. The number of hydrogen-bond donors (Lipinski definition) is 2. The average molecular weight is 479 g/mol. The number of aromatic hydroxyl groups is 2. The van der Waals surface area contributed by atoms with Crippen LogP contribution < -0.4 is 9.47 Å². The second-order valence-electron chi connectivity index (χ2n) is 8.79. The molecule has 7 nitrogen and oxygen atoms in total. The normalized spacial score (nSPS) is 11.0. The van der Waals surface area contributed by atoms with Gasteiger partial charge in [-0.05, 0) is 56.5 Å². The van der Waals surface area contributed by atoms with Crippen molar-refractivity contribution < 1.29 is 34.0 Å². The number of phenolic OH excluding ortho intramolecular Hbond substituents is 2. The Hall–Kier alpha value is -4.00. The Morgan fingerprint density at radius 3 is 2.09 bits per heavy atom. The predicted molar refractivity (Wildman–Crippen MR) is 131 cm³/mol. The lowest BCUT2D eigenvalue weighted by molar-refractivity contribution is -0.153. The topological polar surface area (TPSA) is 102 Å². The maximum atomic E-state index is 12.5. The highest BCUT2D eigenvalue weighted by atomic mass is 16.5. The van der Waals surface area contributed by atoms with Gasteiger partial charge in [0.2, 0.25) is 5.78 Å². The van der Waals surface area contributed by atoms with Gasteiger partial charge in [-0.2, -0.15) is 0 Å². The molecule has 3 rings (SSSR count). The number of ketones is 1. The lowest BCUT2D eigenvalue weighted by atomic mass is 9.88. The van der Waals surface area contributed by atoms with Crippen LogP contribution in [0.3, 0.4) is 0 Å². The van der Waals surface area contributed by atoms with Gasteiger partial charge in [0.25, 0.3) is 0 Å². The van der Waals surface area contributed by atoms with E-state index in [0.29, 0.717) is 37.6 Å². The van der Waals surface area contributed by atoms with Crippen molar-refractivity contribution in [2.75, 3.05) is 13.2 Å². The van der Waals surface area contributed by atoms with Gasteiger partial charge in [-0.25, -0.2) is 0 Å². The highest BCUT2D eigenvalue weighted by molar-refractivity contribution is 5.98. The second kappa shape index (κ2) is 11.9. The molecule has 2 N–H and O–H groups in total. The maximum Gasteiger partial charge on any atom is 0.311 e. The van der Waals surface area contributed by atoms with Gasteiger partial charge in [0.15, 0.2) is 18.1 Å². The summed E-state index contributed by atoms with van der Waals surface area (Å²) >= 11 is 0. The fourth-order valence-corrected chi connectivity index (χ4v) is 3.39. The van der Waals surface area contributed by atoms with E-state index in [-0.39, 0.29) is 17.1 Å². The Morgan fingerprint density at radius 1 is 0.829 bits per heavy atom. The molecule has 0 amide bonds. The summed E-state index contributed by atoms with van der Waals surface area (Å²) in [5.74, 6) is -0.244. The minimum atomic E-state index is -0.825. The van der Waals surface area contributed by atoms with Crippen LogP contribution in [0.15, 0.2) is 72.8 Å². The van der Waals surface area contributed by atoms with E-state index in [4.69, 9.17) is 14.2 Å². The first-order chi connectivity index (χ1) is 16.7. The zero-order valence-electron chi connectivity index (χ0n) is 19.9. The van der Waals surface area contributed by atoms with Gasteiger partial charge in [0, 0.05) is 11.6 Å². The van der Waals surface area contributed by atoms with Crippen molar-refractivity contribution in [3.63, 3.8) is 0 Å². The van der Waals surface area contributed by atoms with Crippen molar-refractivity contribution in [2.45, 2.75) is 33.3 Å². The van der Waals surface area contributed by atoms with Crippen LogP contribution in [0.1, 0.15) is 42.6 Å². The third kappa shape index (κ3) is 7.78. The van der Waals surface area contributed by atoms with E-state index in [1.54, 1.807) is 13.8 Å². The first-order valence-electron chi connectivity index (χ1n) is 11.4. The monoisotopic (exact) mass is 478 g/mol. The number of para-hydroxylation sites is 2. The number of carbonyl (C=O) groups is 2. The summed E-state index contributed by atoms with van der Waals surface area (Å²) < 4.78 is 17.0. The summed E-state index contributed by atoms with van der Waals surface area (Å²) in [5, 5.41) is 19.0. The number of Topliss-reactive ketones (excluding diaryl/α,β-unsaturated/α-hetero) is 1. The Balaban J connectivity index is 1.44. The fourth-order valence-electron chi connectivity index (χ4n) is 3.39. The van der Waals surface area contributed by atoms with Crippen LogP contribution in [-0.4, -0.2) is 35.2 Å². The number of benzene rings is 3. The van der Waals surface area contributed by atoms with Crippen molar-refractivity contribution >= 4 is 11.8 Å². The Labute approximate surface area is 204 Å². The number of carbonyl (C=O) groups excluding carboxylic acids is 2. The van der Waals surface area contributed by atoms with E-state index >= 15 is 0 Å². The predicted octanol–water partition coefficient (Wildman–Crippen LogP) is 5.29. The molecule has 0 fully saturated rings. The van der Waals surface area contributed by atoms with Gasteiger partial charge >= 0.3 is 5.97 Å². The molecule has 0 radical (unpaired) electrons. The maximum absolute atomic E-state index is 12.5.